The number of nitrogens with one attached hydrogen (secondary N) is 1. The molecule has 0 unspecified atom stereocenters. The summed E-state index contributed by atoms with van der Waals surface area (Å²) >= 11 is 0. The van der Waals surface area contributed by atoms with Crippen LogP contribution in [0.1, 0.15) is 136 Å². The van der Waals surface area contributed by atoms with Crippen molar-refractivity contribution in [3.63, 3.8) is 0 Å². The van der Waals surface area contributed by atoms with Crippen molar-refractivity contribution in [2.24, 2.45) is 56.2 Å². The first-order valence-electron chi connectivity index (χ1n) is 24.3. The van der Waals surface area contributed by atoms with Gasteiger partial charge in [-0.05, 0) is 141 Å². The normalized spacial score (nSPS) is 46.8. The van der Waals surface area contributed by atoms with E-state index < -0.39 is 64.6 Å². The lowest BCUT2D eigenvalue weighted by molar-refractivity contribution is -0.334. The average molecular weight is 882 g/mol. The number of carboxylic acid groups (broad SMARTS) is 1. The smallest absolute Gasteiger partial charge is 0.310 e. The number of carbonyl (C=O) groups is 1. The molecular weight excluding hydrogens is 803 g/mol. The molecule has 8 N–H and O–H groups in total. The van der Waals surface area contributed by atoms with Gasteiger partial charge in [-0.25, -0.2) is 0 Å². The van der Waals surface area contributed by atoms with E-state index in [0.717, 1.165) is 69.0 Å². The van der Waals surface area contributed by atoms with Crippen molar-refractivity contribution < 1.29 is 54.8 Å². The van der Waals surface area contributed by atoms with Crippen molar-refractivity contribution in [1.82, 2.24) is 5.32 Å². The summed E-state index contributed by atoms with van der Waals surface area (Å²) in [6.45, 7) is 12.1. The number of rotatable bonds is 13. The molecule has 0 bridgehead atoms. The Morgan fingerprint density at radius 1 is 0.873 bits per heavy atom. The first-order valence-corrected chi connectivity index (χ1v) is 24.3. The van der Waals surface area contributed by atoms with Gasteiger partial charge in [0.1, 0.15) is 18.3 Å². The third-order valence-electron chi connectivity index (χ3n) is 19.5. The lowest BCUT2D eigenvalue weighted by Crippen LogP contribution is -2.70. The maximum atomic E-state index is 13.6. The second-order valence-corrected chi connectivity index (χ2v) is 23.1. The van der Waals surface area contributed by atoms with Gasteiger partial charge in [-0.3, -0.25) is 4.79 Å². The molecule has 12 nitrogen and oxygen atoms in total. The molecule has 8 rings (SSSR count). The third-order valence-corrected chi connectivity index (χ3v) is 19.5. The summed E-state index contributed by atoms with van der Waals surface area (Å²) in [6, 6.07) is 8.30. The fraction of sp³-hybridized carbons (Fsp3) is 0.824. The average Bonchev–Trinajstić information content (AvgIpc) is 3.70. The van der Waals surface area contributed by atoms with Crippen LogP contribution in [-0.4, -0.2) is 111 Å². The van der Waals surface area contributed by atoms with E-state index in [1.54, 1.807) is 0 Å². The van der Waals surface area contributed by atoms with Crippen LogP contribution < -0.4 is 5.32 Å². The summed E-state index contributed by atoms with van der Waals surface area (Å²) in [5, 5.41) is 81.1. The lowest BCUT2D eigenvalue weighted by atomic mass is 9.31. The minimum atomic E-state index is -1.51. The summed E-state index contributed by atoms with van der Waals surface area (Å²) < 4.78 is 19.7. The Hall–Kier alpha value is -1.97. The standard InChI is InChI=1S/C51H79NO11/c1-45(29-53)19-21-51(44(58)59)22-20-48(4)34(35(51)24-45)23-33(13-18-50(60)15-7-8-16-50)41-46(2)25-37(61-27-32-11-9-31(10-12-32)26-52-6)42(63-43-40(57)39(56)36(55)28-62-43)47(3,30-54)38(46)14-17-49(41,48)5/h9-12,23,33,35-43,52-57,60H,7-8,13-22,24-30H2,1-6H3,(H,58,59)/t33-,35+,36-,37-,38+,39+,40-,41-,42-,43+,45+,46+,47+,48-,49-,51+/m1/s1. The first kappa shape index (κ1) is 47.5. The number of fused-ring (bicyclic) bond motifs is 7. The van der Waals surface area contributed by atoms with E-state index in [1.165, 1.54) is 5.57 Å². The van der Waals surface area contributed by atoms with Gasteiger partial charge >= 0.3 is 5.97 Å². The van der Waals surface area contributed by atoms with Crippen LogP contribution in [0.5, 0.6) is 0 Å². The number of aliphatic carboxylic acids is 1. The Kier molecular flexibility index (Phi) is 13.0. The van der Waals surface area contributed by atoms with Crippen molar-refractivity contribution in [2.75, 3.05) is 26.9 Å². The third kappa shape index (κ3) is 7.80. The van der Waals surface area contributed by atoms with Crippen LogP contribution in [0.2, 0.25) is 0 Å². The minimum absolute atomic E-state index is 0.00307. The fourth-order valence-electron chi connectivity index (χ4n) is 15.7. The molecule has 0 spiro atoms. The highest BCUT2D eigenvalue weighted by Gasteiger charge is 2.73. The number of carboxylic acids is 1. The van der Waals surface area contributed by atoms with Gasteiger partial charge in [0.15, 0.2) is 6.29 Å². The lowest BCUT2D eigenvalue weighted by Gasteiger charge is -2.73. The highest BCUT2D eigenvalue weighted by Crippen LogP contribution is 2.77. The Morgan fingerprint density at radius 3 is 2.21 bits per heavy atom. The summed E-state index contributed by atoms with van der Waals surface area (Å²) in [5.41, 5.74) is -0.562. The van der Waals surface area contributed by atoms with Gasteiger partial charge in [0.05, 0.1) is 43.0 Å². The topological polar surface area (TPSA) is 198 Å². The quantitative estimate of drug-likeness (QED) is 0.0869. The Morgan fingerprint density at radius 2 is 1.56 bits per heavy atom. The molecule has 5 saturated carbocycles. The van der Waals surface area contributed by atoms with Crippen LogP contribution in [0.3, 0.4) is 0 Å². The molecule has 354 valence electrons. The molecular formula is C51H79NO11. The molecule has 0 amide bonds. The van der Waals surface area contributed by atoms with Gasteiger partial charge in [-0.2, -0.15) is 0 Å². The number of hydrogen-bond acceptors (Lipinski definition) is 11. The van der Waals surface area contributed by atoms with Crippen molar-refractivity contribution in [2.45, 2.75) is 180 Å². The number of allylic oxidation sites excluding steroid dienone is 2. The zero-order chi connectivity index (χ0) is 45.4. The first-order chi connectivity index (χ1) is 29.8. The van der Waals surface area contributed by atoms with E-state index in [-0.39, 0.29) is 66.3 Å². The number of benzene rings is 1. The van der Waals surface area contributed by atoms with Crippen LogP contribution in [-0.2, 0) is 32.2 Å². The zero-order valence-electron chi connectivity index (χ0n) is 38.9. The van der Waals surface area contributed by atoms with Crippen LogP contribution in [0, 0.1) is 56.2 Å². The molecule has 0 aromatic heterocycles. The molecule has 1 aliphatic heterocycles. The van der Waals surface area contributed by atoms with Crippen molar-refractivity contribution in [3.05, 3.63) is 47.0 Å². The maximum Gasteiger partial charge on any atom is 0.310 e. The SMILES string of the molecule is CNCc1ccc(CO[C@@H]2C[C@@]3(C)[C@H](CC[C@]4(C)[C@@H]3[C@H](CCC3(O)CCCC3)C=C3[C@@H]5C[C@@](C)(CO)CC[C@]5(C(=O)O)CC[C@]34C)[C@](C)(CO)[C@@H]2O[C@@H]2OC[C@@H](O)[C@H](O)[C@H]2O)cc1. The van der Waals surface area contributed by atoms with Crippen molar-refractivity contribution in [1.29, 1.82) is 0 Å². The second kappa shape index (κ2) is 17.3. The van der Waals surface area contributed by atoms with Crippen LogP contribution in [0.15, 0.2) is 35.9 Å². The van der Waals surface area contributed by atoms with E-state index in [9.17, 15) is 40.5 Å². The molecule has 7 aliphatic rings. The molecule has 6 aliphatic carbocycles. The Bertz CT molecular complexity index is 1840. The monoisotopic (exact) mass is 882 g/mol. The van der Waals surface area contributed by atoms with Crippen LogP contribution in [0.4, 0.5) is 0 Å². The van der Waals surface area contributed by atoms with Gasteiger partial charge in [0.2, 0.25) is 0 Å². The van der Waals surface area contributed by atoms with E-state index in [4.69, 9.17) is 14.2 Å². The highest BCUT2D eigenvalue weighted by atomic mass is 16.7. The molecule has 12 heteroatoms. The molecule has 1 aromatic rings. The van der Waals surface area contributed by atoms with Gasteiger partial charge in [-0.15, -0.1) is 0 Å². The van der Waals surface area contributed by atoms with Gasteiger partial charge in [-0.1, -0.05) is 83.4 Å². The minimum Gasteiger partial charge on any atom is -0.481 e. The summed E-state index contributed by atoms with van der Waals surface area (Å²) in [6.07, 6.45) is 6.07. The Balaban J connectivity index is 1.24. The van der Waals surface area contributed by atoms with Gasteiger partial charge in [0.25, 0.3) is 0 Å². The second-order valence-electron chi connectivity index (χ2n) is 23.1. The van der Waals surface area contributed by atoms with Gasteiger partial charge in [0, 0.05) is 18.6 Å². The molecule has 0 radical (unpaired) electrons. The molecule has 1 aromatic carbocycles. The zero-order valence-corrected chi connectivity index (χ0v) is 38.9. The predicted molar refractivity (Wildman–Crippen MR) is 237 cm³/mol. The fourth-order valence-corrected chi connectivity index (χ4v) is 15.7. The number of ether oxygens (including phenoxy) is 3. The largest absolute Gasteiger partial charge is 0.481 e. The summed E-state index contributed by atoms with van der Waals surface area (Å²) in [5.74, 6) is -0.931. The summed E-state index contributed by atoms with van der Waals surface area (Å²) in [4.78, 5) is 13.6. The molecule has 1 heterocycles. The van der Waals surface area contributed by atoms with E-state index >= 15 is 0 Å². The van der Waals surface area contributed by atoms with Crippen molar-refractivity contribution >= 4 is 5.97 Å². The number of aliphatic hydroxyl groups is 6. The van der Waals surface area contributed by atoms with Crippen molar-refractivity contribution in [3.8, 4) is 0 Å². The summed E-state index contributed by atoms with van der Waals surface area (Å²) in [7, 11) is 1.92. The highest BCUT2D eigenvalue weighted by molar-refractivity contribution is 5.76. The number of aliphatic hydroxyl groups excluding tert-OH is 5. The van der Waals surface area contributed by atoms with E-state index in [0.29, 0.717) is 38.5 Å². The molecule has 16 atom stereocenters. The predicted octanol–water partition coefficient (Wildman–Crippen LogP) is 5.87. The molecule has 1 saturated heterocycles. The molecule has 6 fully saturated rings. The molecule has 63 heavy (non-hydrogen) atoms. The van der Waals surface area contributed by atoms with E-state index in [1.807, 2.05) is 7.05 Å². The maximum absolute atomic E-state index is 13.6. The number of hydrogen-bond donors (Lipinski definition) is 8. The van der Waals surface area contributed by atoms with Crippen LogP contribution >= 0.6 is 0 Å². The Labute approximate surface area is 375 Å². The van der Waals surface area contributed by atoms with Gasteiger partial charge < -0.3 is 55.3 Å². The van der Waals surface area contributed by atoms with Crippen LogP contribution in [0.25, 0.3) is 0 Å². The van der Waals surface area contributed by atoms with E-state index in [2.05, 4.69) is 70.3 Å².